The normalized spacial score (nSPS) is 16.4. The summed E-state index contributed by atoms with van der Waals surface area (Å²) < 4.78 is 1.53. The van der Waals surface area contributed by atoms with Crippen LogP contribution >= 0.6 is 11.8 Å². The lowest BCUT2D eigenvalue weighted by Gasteiger charge is -2.25. The van der Waals surface area contributed by atoms with Crippen LogP contribution in [0.1, 0.15) is 28.4 Å². The van der Waals surface area contributed by atoms with E-state index >= 15 is 0 Å². The number of fused-ring (bicyclic) bond motifs is 1. The van der Waals surface area contributed by atoms with E-state index in [1.165, 1.54) is 21.5 Å². The molecule has 1 aliphatic rings. The molecule has 1 atom stereocenters. The molecule has 0 saturated carbocycles. The highest BCUT2D eigenvalue weighted by Gasteiger charge is 2.22. The predicted octanol–water partition coefficient (Wildman–Crippen LogP) is 2.63. The number of nitrogens with one attached hydrogen (secondary N) is 1. The predicted molar refractivity (Wildman–Crippen MR) is 91.1 cm³/mol. The van der Waals surface area contributed by atoms with Crippen LogP contribution in [0.2, 0.25) is 0 Å². The number of pyridine rings is 1. The molecule has 1 N–H and O–H groups in total. The molecule has 3 aromatic rings. The van der Waals surface area contributed by atoms with Gasteiger partial charge in [0.1, 0.15) is 12.7 Å². The minimum absolute atomic E-state index is 0.0398. The molecule has 6 nitrogen and oxygen atoms in total. The van der Waals surface area contributed by atoms with E-state index in [1.807, 2.05) is 23.9 Å². The molecule has 1 aromatic carbocycles. The Morgan fingerprint density at radius 1 is 1.29 bits per heavy atom. The Bertz CT molecular complexity index is 865. The molecule has 0 saturated heterocycles. The van der Waals surface area contributed by atoms with Crippen LogP contribution in [0.4, 0.5) is 0 Å². The Hall–Kier alpha value is -2.67. The van der Waals surface area contributed by atoms with Gasteiger partial charge in [0, 0.05) is 22.4 Å². The summed E-state index contributed by atoms with van der Waals surface area (Å²) in [6.07, 6.45) is 5.52. The van der Waals surface area contributed by atoms with E-state index in [-0.39, 0.29) is 11.9 Å². The van der Waals surface area contributed by atoms with Gasteiger partial charge in [0.05, 0.1) is 6.04 Å². The monoisotopic (exact) mass is 337 g/mol. The first-order valence-corrected chi connectivity index (χ1v) is 8.63. The van der Waals surface area contributed by atoms with Crippen molar-refractivity contribution >= 4 is 17.7 Å². The van der Waals surface area contributed by atoms with Crippen molar-refractivity contribution in [3.8, 4) is 5.82 Å². The van der Waals surface area contributed by atoms with E-state index in [1.54, 1.807) is 24.7 Å². The zero-order valence-corrected chi connectivity index (χ0v) is 13.6. The molecular formula is C17H15N5OS. The summed E-state index contributed by atoms with van der Waals surface area (Å²) in [5.41, 5.74) is 1.75. The molecule has 1 amide bonds. The molecule has 1 aliphatic heterocycles. The van der Waals surface area contributed by atoms with E-state index in [9.17, 15) is 4.79 Å². The Morgan fingerprint density at radius 3 is 3.08 bits per heavy atom. The maximum absolute atomic E-state index is 12.7. The topological polar surface area (TPSA) is 72.7 Å². The number of nitrogens with zero attached hydrogens (tertiary/aromatic N) is 4. The lowest BCUT2D eigenvalue weighted by Crippen LogP contribution is -2.30. The van der Waals surface area contributed by atoms with Crippen molar-refractivity contribution in [2.24, 2.45) is 0 Å². The second-order valence-corrected chi connectivity index (χ2v) is 6.58. The summed E-state index contributed by atoms with van der Waals surface area (Å²) in [4.78, 5) is 22.0. The number of thioether (sulfide) groups is 1. The van der Waals surface area contributed by atoms with Crippen molar-refractivity contribution in [3.63, 3.8) is 0 Å². The Balaban J connectivity index is 1.56. The molecule has 0 bridgehead atoms. The van der Waals surface area contributed by atoms with Crippen LogP contribution < -0.4 is 5.32 Å². The SMILES string of the molecule is O=C(N[C@@H]1CCSc2ccccc21)c1ccnc(-n2cncn2)c1. The van der Waals surface area contributed by atoms with Gasteiger partial charge in [-0.25, -0.2) is 14.6 Å². The van der Waals surface area contributed by atoms with Crippen molar-refractivity contribution in [2.75, 3.05) is 5.75 Å². The van der Waals surface area contributed by atoms with Gasteiger partial charge in [-0.2, -0.15) is 5.10 Å². The fourth-order valence-electron chi connectivity index (χ4n) is 2.75. The molecule has 3 heterocycles. The van der Waals surface area contributed by atoms with E-state index in [2.05, 4.69) is 32.5 Å². The minimum Gasteiger partial charge on any atom is -0.345 e. The number of aromatic nitrogens is 4. The highest BCUT2D eigenvalue weighted by molar-refractivity contribution is 7.99. The largest absolute Gasteiger partial charge is 0.345 e. The maximum Gasteiger partial charge on any atom is 0.251 e. The highest BCUT2D eigenvalue weighted by Crippen LogP contribution is 2.35. The molecular weight excluding hydrogens is 322 g/mol. The van der Waals surface area contributed by atoms with Crippen LogP contribution in [-0.4, -0.2) is 31.4 Å². The fraction of sp³-hybridized carbons (Fsp3) is 0.176. The van der Waals surface area contributed by atoms with Gasteiger partial charge < -0.3 is 5.32 Å². The number of carbonyl (C=O) groups excluding carboxylic acids is 1. The molecule has 7 heteroatoms. The number of carbonyl (C=O) groups is 1. The molecule has 0 fully saturated rings. The first-order chi connectivity index (χ1) is 11.8. The number of amides is 1. The number of rotatable bonds is 3. The van der Waals surface area contributed by atoms with Gasteiger partial charge in [0.2, 0.25) is 0 Å². The van der Waals surface area contributed by atoms with Crippen molar-refractivity contribution in [1.29, 1.82) is 0 Å². The first kappa shape index (κ1) is 14.9. The summed E-state index contributed by atoms with van der Waals surface area (Å²) in [7, 11) is 0. The van der Waals surface area contributed by atoms with Gasteiger partial charge in [0.25, 0.3) is 5.91 Å². The lowest BCUT2D eigenvalue weighted by molar-refractivity contribution is 0.0935. The van der Waals surface area contributed by atoms with E-state index in [4.69, 9.17) is 0 Å². The van der Waals surface area contributed by atoms with Gasteiger partial charge in [-0.15, -0.1) is 11.8 Å². The average molecular weight is 337 g/mol. The van der Waals surface area contributed by atoms with Crippen molar-refractivity contribution in [1.82, 2.24) is 25.1 Å². The van der Waals surface area contributed by atoms with Gasteiger partial charge in [-0.05, 0) is 30.2 Å². The first-order valence-electron chi connectivity index (χ1n) is 7.65. The second-order valence-electron chi connectivity index (χ2n) is 5.44. The van der Waals surface area contributed by atoms with Crippen LogP contribution in [0, 0.1) is 0 Å². The van der Waals surface area contributed by atoms with E-state index < -0.39 is 0 Å². The summed E-state index contributed by atoms with van der Waals surface area (Å²) in [5.74, 6) is 1.47. The zero-order valence-electron chi connectivity index (χ0n) is 12.8. The molecule has 0 spiro atoms. The number of hydrogen-bond acceptors (Lipinski definition) is 5. The summed E-state index contributed by atoms with van der Waals surface area (Å²) in [6.45, 7) is 0. The van der Waals surface area contributed by atoms with E-state index in [0.717, 1.165) is 12.2 Å². The maximum atomic E-state index is 12.7. The van der Waals surface area contributed by atoms with Crippen LogP contribution in [0.15, 0.2) is 60.1 Å². The minimum atomic E-state index is -0.106. The number of benzene rings is 1. The molecule has 0 radical (unpaired) electrons. The van der Waals surface area contributed by atoms with Gasteiger partial charge in [-0.3, -0.25) is 4.79 Å². The Labute approximate surface area is 143 Å². The van der Waals surface area contributed by atoms with Gasteiger partial charge in [-0.1, -0.05) is 18.2 Å². The molecule has 0 unspecified atom stereocenters. The molecule has 4 rings (SSSR count). The van der Waals surface area contributed by atoms with Crippen molar-refractivity contribution < 1.29 is 4.79 Å². The van der Waals surface area contributed by atoms with Crippen molar-refractivity contribution in [2.45, 2.75) is 17.4 Å². The standard InChI is InChI=1S/C17H15N5OS/c23-17(12-5-7-19-16(9-12)22-11-18-10-20-22)21-14-6-8-24-15-4-2-1-3-13(14)15/h1-5,7,9-11,14H,6,8H2,(H,21,23)/t14-/m1/s1. The third kappa shape index (κ3) is 2.90. The summed E-state index contributed by atoms with van der Waals surface area (Å²) in [6, 6.07) is 11.7. The molecule has 24 heavy (non-hydrogen) atoms. The fourth-order valence-corrected chi connectivity index (χ4v) is 3.87. The zero-order chi connectivity index (χ0) is 16.4. The Kier molecular flexibility index (Phi) is 4.00. The van der Waals surface area contributed by atoms with Crippen LogP contribution in [0.3, 0.4) is 0 Å². The van der Waals surface area contributed by atoms with Crippen LogP contribution in [0.25, 0.3) is 5.82 Å². The van der Waals surface area contributed by atoms with Gasteiger partial charge >= 0.3 is 0 Å². The Morgan fingerprint density at radius 2 is 2.21 bits per heavy atom. The summed E-state index contributed by atoms with van der Waals surface area (Å²) >= 11 is 1.84. The molecule has 2 aromatic heterocycles. The quantitative estimate of drug-likeness (QED) is 0.795. The van der Waals surface area contributed by atoms with Gasteiger partial charge in [0.15, 0.2) is 5.82 Å². The lowest BCUT2D eigenvalue weighted by atomic mass is 10.0. The second kappa shape index (κ2) is 6.45. The smallest absolute Gasteiger partial charge is 0.251 e. The van der Waals surface area contributed by atoms with Crippen LogP contribution in [-0.2, 0) is 0 Å². The average Bonchev–Trinajstić information content (AvgIpc) is 3.17. The third-order valence-corrected chi connectivity index (χ3v) is 5.05. The summed E-state index contributed by atoms with van der Waals surface area (Å²) in [5, 5.41) is 7.18. The third-order valence-electron chi connectivity index (χ3n) is 3.93. The van der Waals surface area contributed by atoms with Crippen molar-refractivity contribution in [3.05, 3.63) is 66.4 Å². The molecule has 120 valence electrons. The number of hydrogen-bond donors (Lipinski definition) is 1. The molecule has 0 aliphatic carbocycles. The van der Waals surface area contributed by atoms with Crippen LogP contribution in [0.5, 0.6) is 0 Å². The highest BCUT2D eigenvalue weighted by atomic mass is 32.2. The van der Waals surface area contributed by atoms with E-state index in [0.29, 0.717) is 11.4 Å².